The first-order valence-electron chi connectivity index (χ1n) is 7.44. The van der Waals surface area contributed by atoms with Crippen LogP contribution in [-0.2, 0) is 0 Å². The SMILES string of the molecule is Cc1ccc([C@@H](C)NC(=O)c2ccc(C(C)C)cc2)cc1. The van der Waals surface area contributed by atoms with E-state index in [1.54, 1.807) is 0 Å². The molecule has 2 nitrogen and oxygen atoms in total. The predicted molar refractivity (Wildman–Crippen MR) is 87.6 cm³/mol. The molecule has 21 heavy (non-hydrogen) atoms. The smallest absolute Gasteiger partial charge is 0.251 e. The van der Waals surface area contributed by atoms with Crippen LogP contribution in [0.25, 0.3) is 0 Å². The Morgan fingerprint density at radius 2 is 1.38 bits per heavy atom. The van der Waals surface area contributed by atoms with E-state index < -0.39 is 0 Å². The van der Waals surface area contributed by atoms with E-state index in [1.807, 2.05) is 31.2 Å². The molecule has 0 fully saturated rings. The molecule has 0 heterocycles. The van der Waals surface area contributed by atoms with E-state index in [2.05, 4.69) is 50.4 Å². The molecule has 2 aromatic rings. The molecule has 0 aliphatic rings. The Kier molecular flexibility index (Phi) is 4.79. The molecular weight excluding hydrogens is 258 g/mol. The topological polar surface area (TPSA) is 29.1 Å². The molecule has 110 valence electrons. The van der Waals surface area contributed by atoms with Gasteiger partial charge in [0.15, 0.2) is 0 Å². The van der Waals surface area contributed by atoms with Crippen molar-refractivity contribution in [3.8, 4) is 0 Å². The summed E-state index contributed by atoms with van der Waals surface area (Å²) in [6.07, 6.45) is 0. The van der Waals surface area contributed by atoms with Crippen LogP contribution in [0, 0.1) is 6.92 Å². The minimum Gasteiger partial charge on any atom is -0.346 e. The lowest BCUT2D eigenvalue weighted by Gasteiger charge is -2.15. The van der Waals surface area contributed by atoms with Gasteiger partial charge in [0.2, 0.25) is 0 Å². The highest BCUT2D eigenvalue weighted by atomic mass is 16.1. The van der Waals surface area contributed by atoms with E-state index in [0.29, 0.717) is 11.5 Å². The average molecular weight is 281 g/mol. The Hall–Kier alpha value is -2.09. The van der Waals surface area contributed by atoms with Gasteiger partial charge in [-0.25, -0.2) is 0 Å². The Balaban J connectivity index is 2.05. The van der Waals surface area contributed by atoms with Crippen LogP contribution in [0.3, 0.4) is 0 Å². The summed E-state index contributed by atoms with van der Waals surface area (Å²) in [7, 11) is 0. The highest BCUT2D eigenvalue weighted by Gasteiger charge is 2.11. The van der Waals surface area contributed by atoms with Gasteiger partial charge < -0.3 is 5.32 Å². The van der Waals surface area contributed by atoms with Crippen molar-refractivity contribution in [1.29, 1.82) is 0 Å². The molecule has 0 aliphatic heterocycles. The maximum absolute atomic E-state index is 12.3. The molecule has 0 spiro atoms. The summed E-state index contributed by atoms with van der Waals surface area (Å²) in [6, 6.07) is 16.1. The molecule has 0 bridgehead atoms. The van der Waals surface area contributed by atoms with Crippen molar-refractivity contribution in [2.75, 3.05) is 0 Å². The quantitative estimate of drug-likeness (QED) is 0.871. The molecule has 2 aromatic carbocycles. The third-order valence-corrected chi connectivity index (χ3v) is 3.76. The monoisotopic (exact) mass is 281 g/mol. The molecule has 0 radical (unpaired) electrons. The molecule has 0 aliphatic carbocycles. The fourth-order valence-corrected chi connectivity index (χ4v) is 2.24. The lowest BCUT2D eigenvalue weighted by Crippen LogP contribution is -2.26. The predicted octanol–water partition coefficient (Wildman–Crippen LogP) is 4.61. The number of rotatable bonds is 4. The molecule has 1 amide bonds. The normalized spacial score (nSPS) is 12.2. The van der Waals surface area contributed by atoms with Gasteiger partial charge >= 0.3 is 0 Å². The van der Waals surface area contributed by atoms with Gasteiger partial charge in [-0.3, -0.25) is 4.79 Å². The van der Waals surface area contributed by atoms with Crippen molar-refractivity contribution in [3.63, 3.8) is 0 Å². The Labute approximate surface area is 127 Å². The van der Waals surface area contributed by atoms with Gasteiger partial charge in [-0.1, -0.05) is 55.8 Å². The molecular formula is C19H23NO. The summed E-state index contributed by atoms with van der Waals surface area (Å²) in [5.74, 6) is 0.451. The fraction of sp³-hybridized carbons (Fsp3) is 0.316. The highest BCUT2D eigenvalue weighted by Crippen LogP contribution is 2.16. The molecule has 0 saturated carbocycles. The minimum absolute atomic E-state index is 0.00266. The number of benzene rings is 2. The second-order valence-corrected chi connectivity index (χ2v) is 5.88. The molecule has 2 heteroatoms. The maximum Gasteiger partial charge on any atom is 0.251 e. The van der Waals surface area contributed by atoms with E-state index >= 15 is 0 Å². The summed E-state index contributed by atoms with van der Waals surface area (Å²) < 4.78 is 0. The average Bonchev–Trinajstić information content (AvgIpc) is 2.47. The first kappa shape index (κ1) is 15.3. The third kappa shape index (κ3) is 3.94. The van der Waals surface area contributed by atoms with E-state index in [0.717, 1.165) is 5.56 Å². The van der Waals surface area contributed by atoms with Crippen LogP contribution in [0.1, 0.15) is 59.8 Å². The summed E-state index contributed by atoms with van der Waals surface area (Å²) >= 11 is 0. The largest absolute Gasteiger partial charge is 0.346 e. The second kappa shape index (κ2) is 6.57. The number of amides is 1. The zero-order valence-corrected chi connectivity index (χ0v) is 13.2. The number of nitrogens with one attached hydrogen (secondary N) is 1. The molecule has 2 rings (SSSR count). The van der Waals surface area contributed by atoms with Crippen molar-refractivity contribution in [3.05, 3.63) is 70.8 Å². The molecule has 0 aromatic heterocycles. The molecule has 0 unspecified atom stereocenters. The van der Waals surface area contributed by atoms with Crippen molar-refractivity contribution in [2.24, 2.45) is 0 Å². The van der Waals surface area contributed by atoms with Crippen molar-refractivity contribution >= 4 is 5.91 Å². The lowest BCUT2D eigenvalue weighted by molar-refractivity contribution is 0.0940. The number of carbonyl (C=O) groups is 1. The summed E-state index contributed by atoms with van der Waals surface area (Å²) in [5.41, 5.74) is 4.30. The Morgan fingerprint density at radius 3 is 1.90 bits per heavy atom. The molecule has 1 atom stereocenters. The number of hydrogen-bond acceptors (Lipinski definition) is 1. The van der Waals surface area contributed by atoms with Crippen molar-refractivity contribution in [2.45, 2.75) is 39.7 Å². The maximum atomic E-state index is 12.3. The zero-order valence-electron chi connectivity index (χ0n) is 13.2. The van der Waals surface area contributed by atoms with E-state index in [-0.39, 0.29) is 11.9 Å². The lowest BCUT2D eigenvalue weighted by atomic mass is 10.0. The second-order valence-electron chi connectivity index (χ2n) is 5.88. The number of aryl methyl sites for hydroxylation is 1. The van der Waals surface area contributed by atoms with E-state index in [4.69, 9.17) is 0 Å². The van der Waals surface area contributed by atoms with Crippen LogP contribution in [0.2, 0.25) is 0 Å². The number of hydrogen-bond donors (Lipinski definition) is 1. The van der Waals surface area contributed by atoms with Gasteiger partial charge in [0, 0.05) is 5.56 Å². The minimum atomic E-state index is -0.0293. The summed E-state index contributed by atoms with van der Waals surface area (Å²) in [4.78, 5) is 12.3. The van der Waals surface area contributed by atoms with Gasteiger partial charge in [0.05, 0.1) is 6.04 Å². The van der Waals surface area contributed by atoms with Crippen molar-refractivity contribution < 1.29 is 4.79 Å². The van der Waals surface area contributed by atoms with Crippen LogP contribution in [0.5, 0.6) is 0 Å². The van der Waals surface area contributed by atoms with E-state index in [9.17, 15) is 4.79 Å². The van der Waals surface area contributed by atoms with Crippen LogP contribution in [0.15, 0.2) is 48.5 Å². The molecule has 0 saturated heterocycles. The van der Waals surface area contributed by atoms with Crippen LogP contribution >= 0.6 is 0 Å². The van der Waals surface area contributed by atoms with Gasteiger partial charge in [0.25, 0.3) is 5.91 Å². The third-order valence-electron chi connectivity index (χ3n) is 3.76. The molecule has 1 N–H and O–H groups in total. The summed E-state index contributed by atoms with van der Waals surface area (Å²) in [6.45, 7) is 8.36. The summed E-state index contributed by atoms with van der Waals surface area (Å²) in [5, 5.41) is 3.04. The van der Waals surface area contributed by atoms with Crippen LogP contribution < -0.4 is 5.32 Å². The van der Waals surface area contributed by atoms with Gasteiger partial charge in [-0.15, -0.1) is 0 Å². The van der Waals surface area contributed by atoms with Crippen molar-refractivity contribution in [1.82, 2.24) is 5.32 Å². The highest BCUT2D eigenvalue weighted by molar-refractivity contribution is 5.94. The van der Waals surface area contributed by atoms with Gasteiger partial charge in [0.1, 0.15) is 0 Å². The standard InChI is InChI=1S/C19H23NO/c1-13(2)16-9-11-18(12-10-16)19(21)20-15(4)17-7-5-14(3)6-8-17/h5-13,15H,1-4H3,(H,20,21)/t15-/m1/s1. The first-order valence-corrected chi connectivity index (χ1v) is 7.44. The Morgan fingerprint density at radius 1 is 0.857 bits per heavy atom. The fourth-order valence-electron chi connectivity index (χ4n) is 2.24. The van der Waals surface area contributed by atoms with Crippen LogP contribution in [-0.4, -0.2) is 5.91 Å². The van der Waals surface area contributed by atoms with Crippen LogP contribution in [0.4, 0.5) is 0 Å². The van der Waals surface area contributed by atoms with E-state index in [1.165, 1.54) is 11.1 Å². The number of carbonyl (C=O) groups excluding carboxylic acids is 1. The Bertz CT molecular complexity index is 596. The zero-order chi connectivity index (χ0) is 15.4. The van der Waals surface area contributed by atoms with Gasteiger partial charge in [-0.05, 0) is 43.0 Å². The first-order chi connectivity index (χ1) is 9.97. The van der Waals surface area contributed by atoms with Gasteiger partial charge in [-0.2, -0.15) is 0 Å².